The van der Waals surface area contributed by atoms with Crippen molar-refractivity contribution < 1.29 is 0 Å². The van der Waals surface area contributed by atoms with Gasteiger partial charge in [0.25, 0.3) is 0 Å². The van der Waals surface area contributed by atoms with Crippen LogP contribution in [0.4, 0.5) is 0 Å². The normalized spacial score (nSPS) is 12.6. The summed E-state index contributed by atoms with van der Waals surface area (Å²) in [7, 11) is 2.19. The number of halogens is 1. The summed E-state index contributed by atoms with van der Waals surface area (Å²) >= 11 is 1.73. The molecule has 1 atom stereocenters. The van der Waals surface area contributed by atoms with Crippen molar-refractivity contribution in [3.05, 3.63) is 51.5 Å². The summed E-state index contributed by atoms with van der Waals surface area (Å²) in [5.74, 6) is 0.876. The smallest absolute Gasteiger partial charge is 0.191 e. The second-order valence-electron chi connectivity index (χ2n) is 6.90. The Morgan fingerprint density at radius 2 is 1.93 bits per heavy atom. The van der Waals surface area contributed by atoms with Crippen LogP contribution in [-0.4, -0.2) is 42.0 Å². The van der Waals surface area contributed by atoms with Gasteiger partial charge in [-0.1, -0.05) is 30.3 Å². The van der Waals surface area contributed by atoms with Gasteiger partial charge in [-0.2, -0.15) is 0 Å². The molecule has 156 valence electrons. The van der Waals surface area contributed by atoms with Crippen LogP contribution < -0.4 is 10.6 Å². The van der Waals surface area contributed by atoms with Gasteiger partial charge < -0.3 is 10.6 Å². The van der Waals surface area contributed by atoms with Gasteiger partial charge in [-0.15, -0.1) is 35.3 Å². The summed E-state index contributed by atoms with van der Waals surface area (Å²) in [6, 6.07) is 11.1. The average Bonchev–Trinajstić information content (AvgIpc) is 2.97. The molecule has 2 N–H and O–H groups in total. The zero-order valence-corrected chi connectivity index (χ0v) is 20.8. The van der Waals surface area contributed by atoms with Crippen LogP contribution in [0.5, 0.6) is 0 Å². The lowest BCUT2D eigenvalue weighted by atomic mass is 10.1. The van der Waals surface area contributed by atoms with Crippen LogP contribution in [0.3, 0.4) is 0 Å². The number of hydrogen-bond donors (Lipinski definition) is 2. The summed E-state index contributed by atoms with van der Waals surface area (Å²) in [4.78, 5) is 12.8. The first kappa shape index (κ1) is 24.8. The van der Waals surface area contributed by atoms with Crippen molar-refractivity contribution in [3.63, 3.8) is 0 Å². The van der Waals surface area contributed by atoms with Gasteiger partial charge in [-0.05, 0) is 46.7 Å². The summed E-state index contributed by atoms with van der Waals surface area (Å²) in [5.41, 5.74) is 2.44. The highest BCUT2D eigenvalue weighted by Gasteiger charge is 2.10. The summed E-state index contributed by atoms with van der Waals surface area (Å²) in [6.07, 6.45) is 1.06. The quantitative estimate of drug-likeness (QED) is 0.297. The molecule has 1 aromatic carbocycles. The number of aliphatic imine (C=N–C) groups is 1. The van der Waals surface area contributed by atoms with E-state index in [0.717, 1.165) is 42.7 Å². The van der Waals surface area contributed by atoms with Gasteiger partial charge in [0, 0.05) is 30.6 Å². The van der Waals surface area contributed by atoms with E-state index >= 15 is 0 Å². The van der Waals surface area contributed by atoms with E-state index in [9.17, 15) is 0 Å². The summed E-state index contributed by atoms with van der Waals surface area (Å²) < 4.78 is 0. The standard InChI is InChI=1S/C21H33N5S.HI/c1-6-22-21(24-14-20-17(3)25-18(4)27-20)23-13-12-16(2)26(5)15-19-10-8-7-9-11-19;/h7-11,16H,6,12-15H2,1-5H3,(H2,22,23,24);1H. The maximum Gasteiger partial charge on any atom is 0.191 e. The largest absolute Gasteiger partial charge is 0.357 e. The minimum atomic E-state index is 0. The van der Waals surface area contributed by atoms with Gasteiger partial charge in [0.2, 0.25) is 0 Å². The number of nitrogens with zero attached hydrogens (tertiary/aromatic N) is 3. The molecule has 0 aliphatic carbocycles. The van der Waals surface area contributed by atoms with Crippen molar-refractivity contribution in [3.8, 4) is 0 Å². The lowest BCUT2D eigenvalue weighted by Crippen LogP contribution is -2.40. The average molecular weight is 516 g/mol. The number of nitrogens with one attached hydrogen (secondary N) is 2. The van der Waals surface area contributed by atoms with E-state index in [1.807, 2.05) is 6.92 Å². The van der Waals surface area contributed by atoms with Gasteiger partial charge >= 0.3 is 0 Å². The molecule has 0 aliphatic rings. The Bertz CT molecular complexity index is 717. The van der Waals surface area contributed by atoms with Crippen molar-refractivity contribution in [2.75, 3.05) is 20.1 Å². The fourth-order valence-corrected chi connectivity index (χ4v) is 3.72. The van der Waals surface area contributed by atoms with Gasteiger partial charge in [0.15, 0.2) is 5.96 Å². The highest BCUT2D eigenvalue weighted by Crippen LogP contribution is 2.17. The number of benzene rings is 1. The molecule has 28 heavy (non-hydrogen) atoms. The van der Waals surface area contributed by atoms with Crippen LogP contribution in [-0.2, 0) is 13.1 Å². The van der Waals surface area contributed by atoms with Gasteiger partial charge in [0.05, 0.1) is 17.2 Å². The molecule has 2 aromatic rings. The summed E-state index contributed by atoms with van der Waals surface area (Å²) in [5, 5.41) is 7.90. The zero-order valence-electron chi connectivity index (χ0n) is 17.7. The Balaban J connectivity index is 0.00000392. The van der Waals surface area contributed by atoms with E-state index in [-0.39, 0.29) is 24.0 Å². The fourth-order valence-electron chi connectivity index (χ4n) is 2.86. The van der Waals surface area contributed by atoms with E-state index in [2.05, 4.69) is 78.7 Å². The number of thiazole rings is 1. The molecule has 0 aliphatic heterocycles. The van der Waals surface area contributed by atoms with Crippen LogP contribution in [0.1, 0.15) is 41.4 Å². The van der Waals surface area contributed by atoms with Gasteiger partial charge in [-0.25, -0.2) is 9.98 Å². The molecule has 0 fully saturated rings. The van der Waals surface area contributed by atoms with Gasteiger partial charge in [-0.3, -0.25) is 4.90 Å². The Labute approximate surface area is 191 Å². The van der Waals surface area contributed by atoms with Crippen molar-refractivity contribution in [2.45, 2.75) is 53.2 Å². The third kappa shape index (κ3) is 8.45. The number of hydrogen-bond acceptors (Lipinski definition) is 4. The van der Waals surface area contributed by atoms with E-state index in [1.165, 1.54) is 10.4 Å². The third-order valence-corrected chi connectivity index (χ3v) is 5.66. The predicted molar refractivity (Wildman–Crippen MR) is 132 cm³/mol. The van der Waals surface area contributed by atoms with E-state index in [1.54, 1.807) is 11.3 Å². The number of guanidine groups is 1. The Morgan fingerprint density at radius 1 is 1.21 bits per heavy atom. The summed E-state index contributed by atoms with van der Waals surface area (Å²) in [6.45, 7) is 11.9. The number of aromatic nitrogens is 1. The minimum Gasteiger partial charge on any atom is -0.357 e. The molecule has 0 spiro atoms. The van der Waals surface area contributed by atoms with Crippen LogP contribution in [0.2, 0.25) is 0 Å². The molecule has 1 heterocycles. The van der Waals surface area contributed by atoms with Crippen LogP contribution >= 0.6 is 35.3 Å². The second-order valence-corrected chi connectivity index (χ2v) is 8.19. The predicted octanol–water partition coefficient (Wildman–Crippen LogP) is 4.34. The maximum atomic E-state index is 4.72. The molecule has 0 amide bonds. The van der Waals surface area contributed by atoms with E-state index in [0.29, 0.717) is 12.6 Å². The lowest BCUT2D eigenvalue weighted by molar-refractivity contribution is 0.238. The molecule has 0 radical (unpaired) electrons. The SMILES string of the molecule is CCNC(=NCc1sc(C)nc1C)NCCC(C)N(C)Cc1ccccc1.I. The minimum absolute atomic E-state index is 0. The van der Waals surface area contributed by atoms with E-state index < -0.39 is 0 Å². The maximum absolute atomic E-state index is 4.72. The molecule has 7 heteroatoms. The number of rotatable bonds is 9. The molecular weight excluding hydrogens is 481 g/mol. The Kier molecular flexibility index (Phi) is 11.6. The Hall–Kier alpha value is -1.19. The molecule has 0 saturated carbocycles. The van der Waals surface area contributed by atoms with E-state index in [4.69, 9.17) is 4.99 Å². The fraction of sp³-hybridized carbons (Fsp3) is 0.524. The van der Waals surface area contributed by atoms with Gasteiger partial charge in [0.1, 0.15) is 0 Å². The molecule has 0 saturated heterocycles. The van der Waals surface area contributed by atoms with Crippen LogP contribution in [0.25, 0.3) is 0 Å². The first-order valence-corrected chi connectivity index (χ1v) is 10.5. The van der Waals surface area contributed by atoms with Crippen molar-refractivity contribution >= 4 is 41.3 Å². The van der Waals surface area contributed by atoms with Crippen molar-refractivity contribution in [1.82, 2.24) is 20.5 Å². The van der Waals surface area contributed by atoms with Crippen molar-refractivity contribution in [2.24, 2.45) is 4.99 Å². The molecule has 5 nitrogen and oxygen atoms in total. The monoisotopic (exact) mass is 515 g/mol. The third-order valence-electron chi connectivity index (χ3n) is 4.61. The van der Waals surface area contributed by atoms with Crippen molar-refractivity contribution in [1.29, 1.82) is 0 Å². The molecule has 1 aromatic heterocycles. The molecule has 1 unspecified atom stereocenters. The highest BCUT2D eigenvalue weighted by molar-refractivity contribution is 14.0. The topological polar surface area (TPSA) is 52.6 Å². The first-order chi connectivity index (χ1) is 13.0. The van der Waals surface area contributed by atoms with Crippen LogP contribution in [0, 0.1) is 13.8 Å². The van der Waals surface area contributed by atoms with Crippen LogP contribution in [0.15, 0.2) is 35.3 Å². The highest BCUT2D eigenvalue weighted by atomic mass is 127. The first-order valence-electron chi connectivity index (χ1n) is 9.68. The zero-order chi connectivity index (χ0) is 19.6. The molecular formula is C21H34IN5S. The number of aryl methyl sites for hydroxylation is 2. The molecule has 2 rings (SSSR count). The Morgan fingerprint density at radius 3 is 2.54 bits per heavy atom. The molecule has 0 bridgehead atoms. The second kappa shape index (κ2) is 13.1. The lowest BCUT2D eigenvalue weighted by Gasteiger charge is -2.25.